The van der Waals surface area contributed by atoms with Crippen LogP contribution < -0.4 is 4.57 Å². The van der Waals surface area contributed by atoms with Crippen LogP contribution in [0.1, 0.15) is 50.8 Å². The molecule has 0 saturated heterocycles. The van der Waals surface area contributed by atoms with E-state index in [4.69, 9.17) is 4.42 Å². The first kappa shape index (κ1) is 21.2. The normalized spacial score (nSPS) is 16.3. The van der Waals surface area contributed by atoms with Crippen molar-refractivity contribution in [2.24, 2.45) is 7.05 Å². The summed E-state index contributed by atoms with van der Waals surface area (Å²) in [6.07, 6.45) is 3.27. The smallest absolute Gasteiger partial charge is 0.216 e. The summed E-state index contributed by atoms with van der Waals surface area (Å²) in [5, 5.41) is 2.34. The van der Waals surface area contributed by atoms with Gasteiger partial charge in [-0.2, -0.15) is 0 Å². The predicted molar refractivity (Wildman–Crippen MR) is 141 cm³/mol. The number of aromatic nitrogens is 1. The van der Waals surface area contributed by atoms with Crippen molar-refractivity contribution in [1.82, 2.24) is 0 Å². The van der Waals surface area contributed by atoms with E-state index in [1.54, 1.807) is 0 Å². The molecule has 3 aromatic carbocycles. The van der Waals surface area contributed by atoms with Crippen molar-refractivity contribution in [3.05, 3.63) is 89.6 Å². The average molecular weight is 447 g/mol. The second-order valence-electron chi connectivity index (χ2n) is 11.3. The fourth-order valence-electron chi connectivity index (χ4n) is 6.39. The van der Waals surface area contributed by atoms with Crippen molar-refractivity contribution in [3.63, 3.8) is 0 Å². The van der Waals surface area contributed by atoms with Gasteiger partial charge in [0.25, 0.3) is 0 Å². The third kappa shape index (κ3) is 3.05. The van der Waals surface area contributed by atoms with Crippen molar-refractivity contribution in [1.29, 1.82) is 0 Å². The Morgan fingerprint density at radius 1 is 0.765 bits per heavy atom. The Morgan fingerprint density at radius 2 is 1.47 bits per heavy atom. The number of hydrogen-bond donors (Lipinski definition) is 0. The number of aryl methyl sites for hydroxylation is 2. The summed E-state index contributed by atoms with van der Waals surface area (Å²) in [6.45, 7) is 11.6. The molecule has 6 rings (SSSR count). The molecule has 0 unspecified atom stereocenters. The Kier molecular flexibility index (Phi) is 4.39. The molecule has 0 amide bonds. The van der Waals surface area contributed by atoms with E-state index in [0.29, 0.717) is 0 Å². The monoisotopic (exact) mass is 446 g/mol. The van der Waals surface area contributed by atoms with E-state index < -0.39 is 0 Å². The maximum Gasteiger partial charge on any atom is 0.216 e. The summed E-state index contributed by atoms with van der Waals surface area (Å²) in [4.78, 5) is 0. The number of nitrogens with zero attached hydrogens (tertiary/aromatic N) is 1. The van der Waals surface area contributed by atoms with E-state index in [1.807, 2.05) is 0 Å². The number of pyridine rings is 1. The zero-order valence-electron chi connectivity index (χ0n) is 21.0. The SMILES string of the molecule is Cc1ccc2c(oc3cc(-c4ccc5c(c4)C(C)(C)CC5(C)C)ccc32)c1-c1cccc[n+]1C. The van der Waals surface area contributed by atoms with Gasteiger partial charge in [-0.25, -0.2) is 4.57 Å². The first-order chi connectivity index (χ1) is 16.2. The number of furan rings is 1. The molecule has 1 aliphatic carbocycles. The minimum Gasteiger partial charge on any atom is -0.455 e. The third-order valence-electron chi connectivity index (χ3n) is 7.86. The maximum absolute atomic E-state index is 6.59. The molecule has 0 atom stereocenters. The zero-order chi connectivity index (χ0) is 23.8. The summed E-state index contributed by atoms with van der Waals surface area (Å²) in [5.74, 6) is 0. The lowest BCUT2D eigenvalue weighted by molar-refractivity contribution is -0.660. The van der Waals surface area contributed by atoms with Crippen LogP contribution in [0.2, 0.25) is 0 Å². The van der Waals surface area contributed by atoms with Gasteiger partial charge in [0.15, 0.2) is 6.20 Å². The molecule has 2 heteroatoms. The first-order valence-corrected chi connectivity index (χ1v) is 12.2. The molecule has 0 bridgehead atoms. The standard InChI is InChI=1S/C32H32NO/c1-20-10-13-24-23-14-11-22(21-12-15-25-26(17-21)32(4,5)19-31(25,2)3)18-28(23)34-30(24)29(20)27-9-7-8-16-33(27)6/h7-18H,19H2,1-6H3/q+1. The van der Waals surface area contributed by atoms with Gasteiger partial charge in [0.05, 0.1) is 5.56 Å². The van der Waals surface area contributed by atoms with Crippen LogP contribution in [0.3, 0.4) is 0 Å². The topological polar surface area (TPSA) is 17.0 Å². The number of hydrogen-bond acceptors (Lipinski definition) is 1. The molecule has 0 N–H and O–H groups in total. The highest BCUT2D eigenvalue weighted by molar-refractivity contribution is 6.10. The van der Waals surface area contributed by atoms with Gasteiger partial charge in [-0.1, -0.05) is 64.1 Å². The predicted octanol–water partition coefficient (Wildman–Crippen LogP) is 8.01. The third-order valence-corrected chi connectivity index (χ3v) is 7.86. The molecule has 0 fully saturated rings. The molecule has 5 aromatic rings. The van der Waals surface area contributed by atoms with Crippen LogP contribution >= 0.6 is 0 Å². The van der Waals surface area contributed by atoms with E-state index in [1.165, 1.54) is 50.6 Å². The molecule has 0 spiro atoms. The average Bonchev–Trinajstić information content (AvgIpc) is 3.24. The fourth-order valence-corrected chi connectivity index (χ4v) is 6.39. The van der Waals surface area contributed by atoms with Gasteiger partial charge in [0, 0.05) is 22.9 Å². The number of benzene rings is 3. The number of fused-ring (bicyclic) bond motifs is 4. The number of rotatable bonds is 2. The van der Waals surface area contributed by atoms with Gasteiger partial charge >= 0.3 is 0 Å². The molecular weight excluding hydrogens is 414 g/mol. The van der Waals surface area contributed by atoms with E-state index in [0.717, 1.165) is 16.9 Å². The lowest BCUT2D eigenvalue weighted by atomic mass is 9.82. The second kappa shape index (κ2) is 7.06. The Balaban J connectivity index is 1.54. The molecule has 2 nitrogen and oxygen atoms in total. The van der Waals surface area contributed by atoms with Crippen molar-refractivity contribution in [3.8, 4) is 22.4 Å². The summed E-state index contributed by atoms with van der Waals surface area (Å²) in [7, 11) is 2.09. The van der Waals surface area contributed by atoms with Crippen molar-refractivity contribution < 1.29 is 8.98 Å². The van der Waals surface area contributed by atoms with Crippen LogP contribution in [0, 0.1) is 6.92 Å². The summed E-state index contributed by atoms with van der Waals surface area (Å²) in [5.41, 5.74) is 11.3. The van der Waals surface area contributed by atoms with E-state index in [-0.39, 0.29) is 10.8 Å². The summed E-state index contributed by atoms with van der Waals surface area (Å²) < 4.78 is 8.75. The molecule has 0 aliphatic heterocycles. The molecule has 2 aromatic heterocycles. The second-order valence-corrected chi connectivity index (χ2v) is 11.3. The van der Waals surface area contributed by atoms with E-state index >= 15 is 0 Å². The van der Waals surface area contributed by atoms with Crippen LogP contribution in [0.5, 0.6) is 0 Å². The molecule has 2 heterocycles. The highest BCUT2D eigenvalue weighted by atomic mass is 16.3. The Hall–Kier alpha value is -3.39. The quantitative estimate of drug-likeness (QED) is 0.251. The Bertz CT molecular complexity index is 1600. The maximum atomic E-state index is 6.59. The van der Waals surface area contributed by atoms with Crippen molar-refractivity contribution in [2.45, 2.75) is 51.9 Å². The van der Waals surface area contributed by atoms with Crippen molar-refractivity contribution in [2.75, 3.05) is 0 Å². The molecule has 170 valence electrons. The van der Waals surface area contributed by atoms with Crippen LogP contribution in [-0.2, 0) is 17.9 Å². The fraction of sp³-hybridized carbons (Fsp3) is 0.281. The summed E-state index contributed by atoms with van der Waals surface area (Å²) in [6, 6.07) is 24.4. The highest BCUT2D eigenvalue weighted by Gasteiger charge is 2.41. The van der Waals surface area contributed by atoms with Gasteiger partial charge in [-0.15, -0.1) is 0 Å². The largest absolute Gasteiger partial charge is 0.455 e. The van der Waals surface area contributed by atoms with Gasteiger partial charge < -0.3 is 4.42 Å². The molecule has 0 radical (unpaired) electrons. The minimum atomic E-state index is 0.190. The first-order valence-electron chi connectivity index (χ1n) is 12.2. The van der Waals surface area contributed by atoms with Gasteiger partial charge in [-0.3, -0.25) is 0 Å². The van der Waals surface area contributed by atoms with Gasteiger partial charge in [-0.05, 0) is 70.2 Å². The van der Waals surface area contributed by atoms with Crippen LogP contribution in [-0.4, -0.2) is 0 Å². The van der Waals surface area contributed by atoms with Crippen LogP contribution in [0.15, 0.2) is 77.3 Å². The minimum absolute atomic E-state index is 0.190. The Labute approximate surface area is 201 Å². The van der Waals surface area contributed by atoms with Crippen molar-refractivity contribution >= 4 is 21.9 Å². The van der Waals surface area contributed by atoms with Crippen LogP contribution in [0.25, 0.3) is 44.3 Å². The Morgan fingerprint density at radius 3 is 2.26 bits per heavy atom. The van der Waals surface area contributed by atoms with E-state index in [9.17, 15) is 0 Å². The molecule has 1 aliphatic rings. The zero-order valence-corrected chi connectivity index (χ0v) is 21.0. The molecular formula is C32H32NO+. The highest BCUT2D eigenvalue weighted by Crippen LogP contribution is 2.50. The molecule has 34 heavy (non-hydrogen) atoms. The van der Waals surface area contributed by atoms with Gasteiger partial charge in [0.1, 0.15) is 18.2 Å². The van der Waals surface area contributed by atoms with E-state index in [2.05, 4.69) is 119 Å². The van der Waals surface area contributed by atoms with Gasteiger partial charge in [0.2, 0.25) is 5.69 Å². The lowest BCUT2D eigenvalue weighted by Crippen LogP contribution is -2.30. The lowest BCUT2D eigenvalue weighted by Gasteiger charge is -2.22. The summed E-state index contributed by atoms with van der Waals surface area (Å²) >= 11 is 0. The molecule has 0 saturated carbocycles. The van der Waals surface area contributed by atoms with Crippen LogP contribution in [0.4, 0.5) is 0 Å².